The SMILES string of the molecule is Cc1ccccc1-n1c(SCC(=O)N(C)[C@@H]2CCS(=O)(=O)C2)nc2ccccc2c1=O. The van der Waals surface area contributed by atoms with Gasteiger partial charge in [-0.15, -0.1) is 0 Å². The molecule has 0 saturated carbocycles. The minimum absolute atomic E-state index is 0.00203. The first kappa shape index (κ1) is 21.6. The molecule has 0 spiro atoms. The fourth-order valence-electron chi connectivity index (χ4n) is 3.75. The number of rotatable bonds is 5. The Morgan fingerprint density at radius 1 is 1.19 bits per heavy atom. The molecule has 7 nitrogen and oxygen atoms in total. The van der Waals surface area contributed by atoms with Crippen molar-refractivity contribution in [3.05, 3.63) is 64.4 Å². The summed E-state index contributed by atoms with van der Waals surface area (Å²) in [4.78, 5) is 32.3. The fraction of sp³-hybridized carbons (Fsp3) is 0.318. The van der Waals surface area contributed by atoms with Crippen LogP contribution < -0.4 is 5.56 Å². The number of aromatic nitrogens is 2. The highest BCUT2D eigenvalue weighted by atomic mass is 32.2. The Morgan fingerprint density at radius 2 is 1.90 bits per heavy atom. The fourth-order valence-corrected chi connectivity index (χ4v) is 6.45. The average molecular weight is 458 g/mol. The Morgan fingerprint density at radius 3 is 2.61 bits per heavy atom. The standard InChI is InChI=1S/C22H23N3O4S2/c1-15-7-3-6-10-19(15)25-21(27)17-8-4-5-9-18(17)23-22(25)30-13-20(26)24(2)16-11-12-31(28,29)14-16/h3-10,16H,11-14H2,1-2H3/t16-/m1/s1. The maximum atomic E-state index is 13.3. The molecule has 1 fully saturated rings. The van der Waals surface area contributed by atoms with E-state index in [1.807, 2.05) is 37.3 Å². The molecule has 2 aromatic carbocycles. The van der Waals surface area contributed by atoms with E-state index in [2.05, 4.69) is 4.98 Å². The lowest BCUT2D eigenvalue weighted by Gasteiger charge is -2.23. The van der Waals surface area contributed by atoms with E-state index in [4.69, 9.17) is 0 Å². The highest BCUT2D eigenvalue weighted by Crippen LogP contribution is 2.24. The van der Waals surface area contributed by atoms with Gasteiger partial charge in [-0.25, -0.2) is 13.4 Å². The average Bonchev–Trinajstić information content (AvgIpc) is 3.12. The van der Waals surface area contributed by atoms with Crippen molar-refractivity contribution in [2.45, 2.75) is 24.5 Å². The molecule has 1 amide bonds. The number of fused-ring (bicyclic) bond motifs is 1. The van der Waals surface area contributed by atoms with Crippen molar-refractivity contribution in [3.8, 4) is 5.69 Å². The maximum absolute atomic E-state index is 13.3. The third-order valence-electron chi connectivity index (χ3n) is 5.58. The Kier molecular flexibility index (Phi) is 5.90. The number of hydrogen-bond donors (Lipinski definition) is 0. The van der Waals surface area contributed by atoms with E-state index in [-0.39, 0.29) is 34.8 Å². The number of hydrogen-bond acceptors (Lipinski definition) is 6. The first-order chi connectivity index (χ1) is 14.8. The minimum Gasteiger partial charge on any atom is -0.341 e. The summed E-state index contributed by atoms with van der Waals surface area (Å²) in [5.74, 6) is -0.0152. The summed E-state index contributed by atoms with van der Waals surface area (Å²) in [7, 11) is -1.44. The predicted molar refractivity (Wildman–Crippen MR) is 123 cm³/mol. The maximum Gasteiger partial charge on any atom is 0.266 e. The van der Waals surface area contributed by atoms with E-state index in [0.717, 1.165) is 11.3 Å². The van der Waals surface area contributed by atoms with Crippen molar-refractivity contribution in [2.75, 3.05) is 24.3 Å². The van der Waals surface area contributed by atoms with E-state index in [9.17, 15) is 18.0 Å². The van der Waals surface area contributed by atoms with Gasteiger partial charge in [-0.3, -0.25) is 14.2 Å². The second-order valence-electron chi connectivity index (χ2n) is 7.69. The highest BCUT2D eigenvalue weighted by Gasteiger charge is 2.32. The second-order valence-corrected chi connectivity index (χ2v) is 10.9. The highest BCUT2D eigenvalue weighted by molar-refractivity contribution is 7.99. The van der Waals surface area contributed by atoms with Gasteiger partial charge in [0, 0.05) is 13.1 Å². The zero-order valence-electron chi connectivity index (χ0n) is 17.3. The van der Waals surface area contributed by atoms with Crippen LogP contribution in [-0.2, 0) is 14.6 Å². The number of para-hydroxylation sites is 2. The van der Waals surface area contributed by atoms with Crippen molar-refractivity contribution in [1.29, 1.82) is 0 Å². The Bertz CT molecular complexity index is 1320. The molecular formula is C22H23N3O4S2. The predicted octanol–water partition coefficient (Wildman–Crippen LogP) is 2.43. The molecule has 1 aliphatic heterocycles. The van der Waals surface area contributed by atoms with Gasteiger partial charge in [0.15, 0.2) is 15.0 Å². The third-order valence-corrected chi connectivity index (χ3v) is 8.25. The van der Waals surface area contributed by atoms with Gasteiger partial charge in [0.2, 0.25) is 5.91 Å². The van der Waals surface area contributed by atoms with Gasteiger partial charge in [0.1, 0.15) is 0 Å². The van der Waals surface area contributed by atoms with Crippen LogP contribution in [-0.4, -0.2) is 59.1 Å². The summed E-state index contributed by atoms with van der Waals surface area (Å²) in [5, 5.41) is 0.938. The van der Waals surface area contributed by atoms with Crippen LogP contribution in [0.1, 0.15) is 12.0 Å². The van der Waals surface area contributed by atoms with Gasteiger partial charge in [0.05, 0.1) is 33.8 Å². The van der Waals surface area contributed by atoms with Crippen LogP contribution in [0.5, 0.6) is 0 Å². The molecule has 0 radical (unpaired) electrons. The van der Waals surface area contributed by atoms with Crippen molar-refractivity contribution in [2.24, 2.45) is 0 Å². The molecule has 0 aliphatic carbocycles. The van der Waals surface area contributed by atoms with E-state index in [1.54, 1.807) is 29.8 Å². The summed E-state index contributed by atoms with van der Waals surface area (Å²) >= 11 is 1.19. The second kappa shape index (κ2) is 8.47. The topological polar surface area (TPSA) is 89.3 Å². The number of amides is 1. The number of sulfone groups is 1. The normalized spacial score (nSPS) is 17.7. The third kappa shape index (κ3) is 4.38. The van der Waals surface area contributed by atoms with Gasteiger partial charge in [-0.05, 0) is 37.1 Å². The minimum atomic E-state index is -3.08. The zero-order chi connectivity index (χ0) is 22.2. The molecule has 0 bridgehead atoms. The number of aryl methyl sites for hydroxylation is 1. The van der Waals surface area contributed by atoms with Crippen molar-refractivity contribution >= 4 is 38.4 Å². The van der Waals surface area contributed by atoms with Gasteiger partial charge in [-0.1, -0.05) is 42.1 Å². The van der Waals surface area contributed by atoms with Gasteiger partial charge in [-0.2, -0.15) is 0 Å². The molecule has 0 N–H and O–H groups in total. The van der Waals surface area contributed by atoms with Gasteiger partial charge < -0.3 is 4.90 Å². The van der Waals surface area contributed by atoms with Crippen LogP contribution in [0.25, 0.3) is 16.6 Å². The molecule has 2 heterocycles. The molecule has 162 valence electrons. The first-order valence-corrected chi connectivity index (χ1v) is 12.7. The number of carbonyl (C=O) groups excluding carboxylic acids is 1. The molecule has 3 aromatic rings. The van der Waals surface area contributed by atoms with Crippen LogP contribution in [0.4, 0.5) is 0 Å². The summed E-state index contributed by atoms with van der Waals surface area (Å²) in [5.41, 5.74) is 2.02. The van der Waals surface area contributed by atoms with E-state index in [1.165, 1.54) is 16.7 Å². The molecule has 4 rings (SSSR count). The van der Waals surface area contributed by atoms with Gasteiger partial charge in [0.25, 0.3) is 5.56 Å². The lowest BCUT2D eigenvalue weighted by molar-refractivity contribution is -0.128. The zero-order valence-corrected chi connectivity index (χ0v) is 18.9. The lowest BCUT2D eigenvalue weighted by Crippen LogP contribution is -2.39. The number of nitrogens with zero attached hydrogens (tertiary/aromatic N) is 3. The summed E-state index contributed by atoms with van der Waals surface area (Å²) in [6.07, 6.45) is 0.456. The van der Waals surface area contributed by atoms with E-state index < -0.39 is 9.84 Å². The molecule has 0 unspecified atom stereocenters. The van der Waals surface area contributed by atoms with Crippen LogP contribution in [0.2, 0.25) is 0 Å². The molecular weight excluding hydrogens is 434 g/mol. The van der Waals surface area contributed by atoms with Gasteiger partial charge >= 0.3 is 0 Å². The summed E-state index contributed by atoms with van der Waals surface area (Å²) in [6.45, 7) is 1.92. The van der Waals surface area contributed by atoms with Crippen LogP contribution in [0, 0.1) is 6.92 Å². The molecule has 1 aromatic heterocycles. The smallest absolute Gasteiger partial charge is 0.266 e. The largest absolute Gasteiger partial charge is 0.341 e. The first-order valence-electron chi connectivity index (χ1n) is 9.93. The van der Waals surface area contributed by atoms with Crippen LogP contribution >= 0.6 is 11.8 Å². The quantitative estimate of drug-likeness (QED) is 0.432. The lowest BCUT2D eigenvalue weighted by atomic mass is 10.2. The Hall–Kier alpha value is -2.65. The number of benzene rings is 2. The molecule has 1 aliphatic rings. The van der Waals surface area contributed by atoms with Crippen molar-refractivity contribution in [3.63, 3.8) is 0 Å². The summed E-state index contributed by atoms with van der Waals surface area (Å²) in [6, 6.07) is 14.4. The van der Waals surface area contributed by atoms with Crippen molar-refractivity contribution < 1.29 is 13.2 Å². The van der Waals surface area contributed by atoms with Crippen LogP contribution in [0.3, 0.4) is 0 Å². The number of thioether (sulfide) groups is 1. The van der Waals surface area contributed by atoms with E-state index >= 15 is 0 Å². The molecule has 9 heteroatoms. The molecule has 1 saturated heterocycles. The van der Waals surface area contributed by atoms with E-state index in [0.29, 0.717) is 22.5 Å². The Balaban J connectivity index is 1.67. The number of carbonyl (C=O) groups is 1. The molecule has 31 heavy (non-hydrogen) atoms. The monoisotopic (exact) mass is 457 g/mol. The summed E-state index contributed by atoms with van der Waals surface area (Å²) < 4.78 is 25.1. The Labute approximate surface area is 185 Å². The van der Waals surface area contributed by atoms with Crippen molar-refractivity contribution in [1.82, 2.24) is 14.5 Å². The van der Waals surface area contributed by atoms with Crippen LogP contribution in [0.15, 0.2) is 58.5 Å². The molecule has 1 atom stereocenters.